The Morgan fingerprint density at radius 1 is 1.60 bits per heavy atom. The summed E-state index contributed by atoms with van der Waals surface area (Å²) in [4.78, 5) is 10.5. The maximum atomic E-state index is 10.5. The van der Waals surface area contributed by atoms with Crippen molar-refractivity contribution in [2.75, 3.05) is 0 Å². The summed E-state index contributed by atoms with van der Waals surface area (Å²) in [7, 11) is 0. The fourth-order valence-corrected chi connectivity index (χ4v) is 1.66. The summed E-state index contributed by atoms with van der Waals surface area (Å²) < 4.78 is 0. The number of rotatable bonds is 1. The lowest BCUT2D eigenvalue weighted by molar-refractivity contribution is -0.143. The van der Waals surface area contributed by atoms with Crippen LogP contribution in [-0.4, -0.2) is 17.1 Å². The zero-order chi connectivity index (χ0) is 7.72. The van der Waals surface area contributed by atoms with Crippen molar-refractivity contribution < 1.29 is 9.90 Å². The van der Waals surface area contributed by atoms with Crippen LogP contribution in [-0.2, 0) is 4.79 Å². The largest absolute Gasteiger partial charge is 0.481 e. The molecular formula is C7H13NO2. The summed E-state index contributed by atoms with van der Waals surface area (Å²) in [5, 5.41) is 8.67. The fourth-order valence-electron chi connectivity index (χ4n) is 1.66. The Hall–Kier alpha value is -0.570. The van der Waals surface area contributed by atoms with Gasteiger partial charge in [0.25, 0.3) is 0 Å². The van der Waals surface area contributed by atoms with Gasteiger partial charge in [0.05, 0.1) is 5.92 Å². The van der Waals surface area contributed by atoms with E-state index in [0.29, 0.717) is 0 Å². The predicted octanol–water partition coefficient (Wildman–Crippen LogP) is 0.444. The van der Waals surface area contributed by atoms with Gasteiger partial charge in [-0.05, 0) is 18.8 Å². The van der Waals surface area contributed by atoms with Gasteiger partial charge in [0, 0.05) is 6.04 Å². The van der Waals surface area contributed by atoms with Crippen molar-refractivity contribution in [1.29, 1.82) is 0 Å². The van der Waals surface area contributed by atoms with E-state index in [1.54, 1.807) is 0 Å². The molecule has 0 aliphatic heterocycles. The third-order valence-corrected chi connectivity index (χ3v) is 2.31. The highest BCUT2D eigenvalue weighted by Gasteiger charge is 2.35. The first-order chi connectivity index (χ1) is 4.63. The molecule has 3 nitrogen and oxygen atoms in total. The molecule has 0 aromatic heterocycles. The van der Waals surface area contributed by atoms with E-state index in [-0.39, 0.29) is 17.9 Å². The van der Waals surface area contributed by atoms with Crippen molar-refractivity contribution in [3.8, 4) is 0 Å². The van der Waals surface area contributed by atoms with E-state index >= 15 is 0 Å². The molecular weight excluding hydrogens is 130 g/mol. The maximum absolute atomic E-state index is 10.5. The lowest BCUT2D eigenvalue weighted by Gasteiger charge is -2.13. The van der Waals surface area contributed by atoms with E-state index in [4.69, 9.17) is 10.8 Å². The van der Waals surface area contributed by atoms with Crippen LogP contribution in [0.2, 0.25) is 0 Å². The average molecular weight is 143 g/mol. The van der Waals surface area contributed by atoms with Crippen LogP contribution in [0.15, 0.2) is 0 Å². The Morgan fingerprint density at radius 3 is 2.40 bits per heavy atom. The first-order valence-corrected chi connectivity index (χ1v) is 3.61. The van der Waals surface area contributed by atoms with Gasteiger partial charge in [0.15, 0.2) is 0 Å². The van der Waals surface area contributed by atoms with Gasteiger partial charge in [0.2, 0.25) is 0 Å². The number of hydrogen-bond donors (Lipinski definition) is 2. The molecule has 1 saturated carbocycles. The normalized spacial score (nSPS) is 40.0. The van der Waals surface area contributed by atoms with Crippen LogP contribution in [0, 0.1) is 11.8 Å². The Balaban J connectivity index is 2.63. The van der Waals surface area contributed by atoms with E-state index in [1.165, 1.54) is 0 Å². The molecule has 0 unspecified atom stereocenters. The Kier molecular flexibility index (Phi) is 1.94. The van der Waals surface area contributed by atoms with Crippen LogP contribution in [0.5, 0.6) is 0 Å². The predicted molar refractivity (Wildman–Crippen MR) is 37.5 cm³/mol. The Morgan fingerprint density at radius 2 is 2.20 bits per heavy atom. The summed E-state index contributed by atoms with van der Waals surface area (Å²) in [5.74, 6) is -0.787. The van der Waals surface area contributed by atoms with Crippen LogP contribution < -0.4 is 5.73 Å². The molecule has 3 atom stereocenters. The highest BCUT2D eigenvalue weighted by atomic mass is 16.4. The van der Waals surface area contributed by atoms with Crippen LogP contribution in [0.25, 0.3) is 0 Å². The first-order valence-electron chi connectivity index (χ1n) is 3.61. The zero-order valence-corrected chi connectivity index (χ0v) is 6.08. The van der Waals surface area contributed by atoms with Gasteiger partial charge in [-0.25, -0.2) is 0 Å². The number of carboxylic acid groups (broad SMARTS) is 1. The number of carbonyl (C=O) groups is 1. The topological polar surface area (TPSA) is 63.3 Å². The molecule has 3 N–H and O–H groups in total. The Bertz CT molecular complexity index is 137. The molecule has 10 heavy (non-hydrogen) atoms. The average Bonchev–Trinajstić information content (AvgIpc) is 2.11. The van der Waals surface area contributed by atoms with E-state index in [0.717, 1.165) is 12.8 Å². The smallest absolute Gasteiger partial charge is 0.308 e. The lowest BCUT2D eigenvalue weighted by atomic mass is 9.96. The van der Waals surface area contributed by atoms with Gasteiger partial charge >= 0.3 is 5.97 Å². The van der Waals surface area contributed by atoms with Crippen molar-refractivity contribution >= 4 is 5.97 Å². The molecule has 58 valence electrons. The SMILES string of the molecule is C[C@H]1CC[C@H](N)[C@H]1C(=O)O. The third-order valence-electron chi connectivity index (χ3n) is 2.31. The number of hydrogen-bond acceptors (Lipinski definition) is 2. The maximum Gasteiger partial charge on any atom is 0.308 e. The zero-order valence-electron chi connectivity index (χ0n) is 6.08. The van der Waals surface area contributed by atoms with Crippen LogP contribution in [0.1, 0.15) is 19.8 Å². The minimum absolute atomic E-state index is 0.118. The molecule has 3 heteroatoms. The highest BCUT2D eigenvalue weighted by molar-refractivity contribution is 5.71. The molecule has 0 spiro atoms. The highest BCUT2D eigenvalue weighted by Crippen LogP contribution is 2.30. The van der Waals surface area contributed by atoms with Gasteiger partial charge < -0.3 is 10.8 Å². The van der Waals surface area contributed by atoms with Crippen LogP contribution >= 0.6 is 0 Å². The molecule has 0 bridgehead atoms. The second kappa shape index (κ2) is 2.58. The van der Waals surface area contributed by atoms with Gasteiger partial charge in [-0.2, -0.15) is 0 Å². The first kappa shape index (κ1) is 7.54. The van der Waals surface area contributed by atoms with Gasteiger partial charge in [-0.1, -0.05) is 6.92 Å². The minimum atomic E-state index is -0.738. The number of nitrogens with two attached hydrogens (primary N) is 1. The summed E-state index contributed by atoms with van der Waals surface area (Å²) in [6.07, 6.45) is 1.82. The monoisotopic (exact) mass is 143 g/mol. The molecule has 0 amide bonds. The summed E-state index contributed by atoms with van der Waals surface area (Å²) >= 11 is 0. The molecule has 0 aromatic carbocycles. The van der Waals surface area contributed by atoms with Crippen molar-refractivity contribution in [1.82, 2.24) is 0 Å². The molecule has 0 radical (unpaired) electrons. The van der Waals surface area contributed by atoms with Gasteiger partial charge in [-0.15, -0.1) is 0 Å². The Labute approximate surface area is 60.2 Å². The number of aliphatic carboxylic acids is 1. The van der Waals surface area contributed by atoms with Gasteiger partial charge in [-0.3, -0.25) is 4.79 Å². The van der Waals surface area contributed by atoms with E-state index < -0.39 is 5.97 Å². The molecule has 1 rings (SSSR count). The standard InChI is InChI=1S/C7H13NO2/c1-4-2-3-5(8)6(4)7(9)10/h4-6H,2-3,8H2,1H3,(H,9,10)/t4-,5-,6-/m0/s1. The molecule has 0 aromatic rings. The summed E-state index contributed by atoms with van der Waals surface area (Å²) in [6.45, 7) is 1.95. The molecule has 0 heterocycles. The molecule has 1 aliphatic rings. The lowest BCUT2D eigenvalue weighted by Crippen LogP contribution is -2.33. The molecule has 0 saturated heterocycles. The van der Waals surface area contributed by atoms with E-state index in [2.05, 4.69) is 0 Å². The van der Waals surface area contributed by atoms with E-state index in [1.807, 2.05) is 6.92 Å². The second-order valence-corrected chi connectivity index (χ2v) is 3.08. The number of carboxylic acids is 1. The van der Waals surface area contributed by atoms with Gasteiger partial charge in [0.1, 0.15) is 0 Å². The van der Waals surface area contributed by atoms with Crippen molar-refractivity contribution in [2.45, 2.75) is 25.8 Å². The third kappa shape index (κ3) is 1.14. The summed E-state index contributed by atoms with van der Waals surface area (Å²) in [6, 6.07) is -0.118. The van der Waals surface area contributed by atoms with Crippen LogP contribution in [0.4, 0.5) is 0 Å². The van der Waals surface area contributed by atoms with Crippen molar-refractivity contribution in [3.63, 3.8) is 0 Å². The fraction of sp³-hybridized carbons (Fsp3) is 0.857. The quantitative estimate of drug-likeness (QED) is 0.560. The van der Waals surface area contributed by atoms with E-state index in [9.17, 15) is 4.79 Å². The molecule has 1 fully saturated rings. The van der Waals surface area contributed by atoms with Crippen LogP contribution in [0.3, 0.4) is 0 Å². The summed E-state index contributed by atoms with van der Waals surface area (Å²) in [5.41, 5.74) is 5.59. The van der Waals surface area contributed by atoms with Crippen molar-refractivity contribution in [3.05, 3.63) is 0 Å². The molecule has 1 aliphatic carbocycles. The minimum Gasteiger partial charge on any atom is -0.481 e. The second-order valence-electron chi connectivity index (χ2n) is 3.08. The van der Waals surface area contributed by atoms with Crippen molar-refractivity contribution in [2.24, 2.45) is 17.6 Å².